The molecule has 3 aromatic rings. The van der Waals surface area contributed by atoms with Crippen molar-refractivity contribution in [3.05, 3.63) is 95.1 Å². The van der Waals surface area contributed by atoms with Crippen LogP contribution < -0.4 is 10.1 Å². The molecule has 43 heavy (non-hydrogen) atoms. The highest BCUT2D eigenvalue weighted by atomic mass is 19.4. The Hall–Kier alpha value is -3.46. The van der Waals surface area contributed by atoms with Gasteiger partial charge in [0.25, 0.3) is 0 Å². The number of amides is 1. The summed E-state index contributed by atoms with van der Waals surface area (Å²) in [6.45, 7) is 6.56. The van der Waals surface area contributed by atoms with Gasteiger partial charge in [-0.15, -0.1) is 0 Å². The van der Waals surface area contributed by atoms with Crippen LogP contribution in [0.3, 0.4) is 0 Å². The molecule has 1 unspecified atom stereocenters. The molecule has 0 spiro atoms. The van der Waals surface area contributed by atoms with E-state index in [1.165, 1.54) is 23.8 Å². The number of carbonyl (C=O) groups is 1. The molecule has 1 aliphatic rings. The molecule has 1 N–H and O–H groups in total. The summed E-state index contributed by atoms with van der Waals surface area (Å²) in [5.41, 5.74) is 1.23. The second-order valence-electron chi connectivity index (χ2n) is 11.5. The normalized spacial score (nSPS) is 15.4. The highest BCUT2D eigenvalue weighted by Crippen LogP contribution is 2.36. The molecular weight excluding hydrogens is 563 g/mol. The SMILES string of the molecule is CC(C)C(=O)Nc1cccc(C2CCN(CCCCCC(Oc3cc(C(F)(F)F)ccc3F)c3ccccc3F)CC2)c1. The van der Waals surface area contributed by atoms with Gasteiger partial charge in [-0.05, 0) is 99.6 Å². The van der Waals surface area contributed by atoms with Crippen molar-refractivity contribution in [1.29, 1.82) is 0 Å². The maximum atomic E-state index is 14.6. The fourth-order valence-electron chi connectivity index (χ4n) is 5.43. The average molecular weight is 603 g/mol. The Kier molecular flexibility index (Phi) is 11.2. The number of hydrogen-bond acceptors (Lipinski definition) is 3. The van der Waals surface area contributed by atoms with E-state index in [0.717, 1.165) is 57.1 Å². The molecule has 1 heterocycles. The van der Waals surface area contributed by atoms with Crippen molar-refractivity contribution in [2.75, 3.05) is 25.0 Å². The summed E-state index contributed by atoms with van der Waals surface area (Å²) >= 11 is 0. The molecule has 0 aliphatic carbocycles. The van der Waals surface area contributed by atoms with Crippen LogP contribution in [0, 0.1) is 17.6 Å². The second kappa shape index (κ2) is 14.8. The molecule has 1 saturated heterocycles. The lowest BCUT2D eigenvalue weighted by atomic mass is 9.89. The van der Waals surface area contributed by atoms with E-state index in [4.69, 9.17) is 4.74 Å². The highest BCUT2D eigenvalue weighted by Gasteiger charge is 2.32. The van der Waals surface area contributed by atoms with Crippen molar-refractivity contribution in [2.45, 2.75) is 70.6 Å². The number of anilines is 1. The molecule has 1 aliphatic heterocycles. The molecule has 9 heteroatoms. The van der Waals surface area contributed by atoms with Gasteiger partial charge in [0.05, 0.1) is 5.56 Å². The summed E-state index contributed by atoms with van der Waals surface area (Å²) in [5.74, 6) is -1.66. The Morgan fingerprint density at radius 1 is 0.930 bits per heavy atom. The van der Waals surface area contributed by atoms with Crippen LogP contribution in [0.4, 0.5) is 27.6 Å². The zero-order valence-corrected chi connectivity index (χ0v) is 24.6. The van der Waals surface area contributed by atoms with Crippen LogP contribution in [0.15, 0.2) is 66.7 Å². The lowest BCUT2D eigenvalue weighted by Crippen LogP contribution is -2.33. The van der Waals surface area contributed by atoms with Gasteiger partial charge in [-0.3, -0.25) is 4.79 Å². The predicted octanol–water partition coefficient (Wildman–Crippen LogP) is 9.14. The summed E-state index contributed by atoms with van der Waals surface area (Å²) in [6.07, 6.45) is -0.826. The number of halogens is 5. The van der Waals surface area contributed by atoms with Crippen LogP contribution in [-0.2, 0) is 11.0 Å². The number of hydrogen-bond donors (Lipinski definition) is 1. The van der Waals surface area contributed by atoms with E-state index in [-0.39, 0.29) is 17.4 Å². The molecule has 4 rings (SSSR count). The van der Waals surface area contributed by atoms with Crippen LogP contribution in [0.2, 0.25) is 0 Å². The van der Waals surface area contributed by atoms with Gasteiger partial charge in [0.2, 0.25) is 5.91 Å². The molecule has 0 saturated carbocycles. The van der Waals surface area contributed by atoms with E-state index in [0.29, 0.717) is 30.9 Å². The van der Waals surface area contributed by atoms with Crippen LogP contribution in [0.25, 0.3) is 0 Å². The van der Waals surface area contributed by atoms with Gasteiger partial charge in [0.15, 0.2) is 11.6 Å². The highest BCUT2D eigenvalue weighted by molar-refractivity contribution is 5.92. The lowest BCUT2D eigenvalue weighted by Gasteiger charge is -2.32. The molecule has 3 aromatic carbocycles. The fraction of sp³-hybridized carbons (Fsp3) is 0.441. The Balaban J connectivity index is 1.27. The predicted molar refractivity (Wildman–Crippen MR) is 158 cm³/mol. The number of alkyl halides is 3. The molecule has 1 fully saturated rings. The monoisotopic (exact) mass is 602 g/mol. The third-order valence-electron chi connectivity index (χ3n) is 7.96. The first-order chi connectivity index (χ1) is 20.5. The Labute approximate surface area is 250 Å². The van der Waals surface area contributed by atoms with E-state index >= 15 is 0 Å². The third-order valence-corrected chi connectivity index (χ3v) is 7.96. The van der Waals surface area contributed by atoms with E-state index in [1.807, 2.05) is 26.0 Å². The van der Waals surface area contributed by atoms with Crippen molar-refractivity contribution in [3.8, 4) is 5.75 Å². The van der Waals surface area contributed by atoms with Gasteiger partial charge >= 0.3 is 6.18 Å². The fourth-order valence-corrected chi connectivity index (χ4v) is 5.43. The Morgan fingerprint density at radius 2 is 1.67 bits per heavy atom. The van der Waals surface area contributed by atoms with Gasteiger partial charge < -0.3 is 15.0 Å². The van der Waals surface area contributed by atoms with E-state index in [1.54, 1.807) is 6.07 Å². The van der Waals surface area contributed by atoms with Crippen LogP contribution >= 0.6 is 0 Å². The molecule has 4 nitrogen and oxygen atoms in total. The minimum Gasteiger partial charge on any atom is -0.483 e. The smallest absolute Gasteiger partial charge is 0.416 e. The second-order valence-corrected chi connectivity index (χ2v) is 11.5. The van der Waals surface area contributed by atoms with Gasteiger partial charge in [-0.2, -0.15) is 13.2 Å². The molecule has 1 atom stereocenters. The largest absolute Gasteiger partial charge is 0.483 e. The number of carbonyl (C=O) groups excluding carboxylic acids is 1. The molecule has 0 radical (unpaired) electrons. The average Bonchev–Trinajstić information content (AvgIpc) is 2.97. The third kappa shape index (κ3) is 9.26. The van der Waals surface area contributed by atoms with Gasteiger partial charge in [0, 0.05) is 17.2 Å². The van der Waals surface area contributed by atoms with Crippen molar-refractivity contribution in [1.82, 2.24) is 4.90 Å². The van der Waals surface area contributed by atoms with Crippen molar-refractivity contribution >= 4 is 11.6 Å². The van der Waals surface area contributed by atoms with Crippen LogP contribution in [-0.4, -0.2) is 30.4 Å². The first-order valence-corrected chi connectivity index (χ1v) is 14.9. The van der Waals surface area contributed by atoms with Gasteiger partial charge in [0.1, 0.15) is 11.9 Å². The zero-order valence-electron chi connectivity index (χ0n) is 24.6. The first kappa shape index (κ1) is 32.5. The maximum absolute atomic E-state index is 14.6. The number of benzene rings is 3. The summed E-state index contributed by atoms with van der Waals surface area (Å²) in [7, 11) is 0. The standard InChI is InChI=1S/C34H39F5N2O2/c1-23(2)33(42)40-27-10-8-9-25(21-27)24-16-19-41(20-17-24)18-7-3-4-13-31(28-11-5-6-12-29(28)35)43-32-22-26(34(37,38)39)14-15-30(32)36/h5-6,8-12,14-15,21-24,31H,3-4,7,13,16-20H2,1-2H3,(H,40,42). The molecule has 0 bridgehead atoms. The van der Waals surface area contributed by atoms with E-state index in [9.17, 15) is 26.7 Å². The quantitative estimate of drug-likeness (QED) is 0.166. The van der Waals surface area contributed by atoms with Gasteiger partial charge in [-0.1, -0.05) is 50.6 Å². The van der Waals surface area contributed by atoms with E-state index < -0.39 is 35.2 Å². The number of likely N-dealkylation sites (tertiary alicyclic amines) is 1. The first-order valence-electron chi connectivity index (χ1n) is 14.9. The van der Waals surface area contributed by atoms with Crippen molar-refractivity contribution < 1.29 is 31.5 Å². The Bertz CT molecular complexity index is 1350. The summed E-state index contributed by atoms with van der Waals surface area (Å²) in [5, 5.41) is 2.97. The number of nitrogens with one attached hydrogen (secondary N) is 1. The number of piperidine rings is 1. The number of nitrogens with zero attached hydrogens (tertiary/aromatic N) is 1. The topological polar surface area (TPSA) is 41.6 Å². The minimum absolute atomic E-state index is 0.00146. The summed E-state index contributed by atoms with van der Waals surface area (Å²) in [4.78, 5) is 14.5. The number of ether oxygens (including phenoxy) is 1. The van der Waals surface area contributed by atoms with Crippen molar-refractivity contribution in [2.24, 2.45) is 5.92 Å². The Morgan fingerprint density at radius 3 is 2.37 bits per heavy atom. The molecule has 1 amide bonds. The van der Waals surface area contributed by atoms with Crippen LogP contribution in [0.5, 0.6) is 5.75 Å². The van der Waals surface area contributed by atoms with Gasteiger partial charge in [-0.25, -0.2) is 8.78 Å². The zero-order chi connectivity index (χ0) is 31.0. The minimum atomic E-state index is -4.65. The van der Waals surface area contributed by atoms with Crippen molar-refractivity contribution in [3.63, 3.8) is 0 Å². The number of unbranched alkanes of at least 4 members (excludes halogenated alkanes) is 2. The van der Waals surface area contributed by atoms with E-state index in [2.05, 4.69) is 22.3 Å². The maximum Gasteiger partial charge on any atom is 0.416 e. The summed E-state index contributed by atoms with van der Waals surface area (Å²) < 4.78 is 74.3. The number of rotatable bonds is 12. The van der Waals surface area contributed by atoms with Crippen LogP contribution in [0.1, 0.15) is 81.1 Å². The molecular formula is C34H39F5N2O2. The lowest BCUT2D eigenvalue weighted by molar-refractivity contribution is -0.137. The summed E-state index contributed by atoms with van der Waals surface area (Å²) in [6, 6.07) is 16.0. The molecule has 0 aromatic heterocycles. The molecule has 232 valence electrons.